The topological polar surface area (TPSA) is 59.5 Å². The van der Waals surface area contributed by atoms with Crippen molar-refractivity contribution in [3.05, 3.63) is 47.8 Å². The van der Waals surface area contributed by atoms with Gasteiger partial charge >= 0.3 is 5.97 Å². The first-order valence-electron chi connectivity index (χ1n) is 14.3. The number of fused-ring (bicyclic) bond motifs is 5. The van der Waals surface area contributed by atoms with Gasteiger partial charge in [0.15, 0.2) is 0 Å². The highest BCUT2D eigenvalue weighted by atomic mass is 16.5. The molecule has 1 aromatic rings. The summed E-state index contributed by atoms with van der Waals surface area (Å²) >= 11 is 0. The fourth-order valence-electron chi connectivity index (χ4n) is 8.21. The molecule has 37 heavy (non-hydrogen) atoms. The summed E-state index contributed by atoms with van der Waals surface area (Å²) in [6, 6.07) is 4.28. The molecule has 2 saturated carbocycles. The van der Waals surface area contributed by atoms with Crippen LogP contribution in [0.4, 0.5) is 0 Å². The van der Waals surface area contributed by atoms with Crippen LogP contribution in [0, 0.1) is 34.5 Å². The monoisotopic (exact) mass is 504 g/mol. The number of ketones is 1. The number of hydrogen-bond acceptors (Lipinski definition) is 5. The molecular weight excluding hydrogens is 460 g/mol. The van der Waals surface area contributed by atoms with Crippen molar-refractivity contribution in [1.82, 2.24) is 9.88 Å². The molecular formula is C32H44N2O3. The van der Waals surface area contributed by atoms with Gasteiger partial charge < -0.3 is 4.74 Å². The van der Waals surface area contributed by atoms with Crippen molar-refractivity contribution in [3.63, 3.8) is 0 Å². The van der Waals surface area contributed by atoms with Crippen LogP contribution in [0.15, 0.2) is 42.3 Å². The number of rotatable bonds is 7. The number of carbonyl (C=O) groups is 2. The average Bonchev–Trinajstić information content (AvgIpc) is 3.21. The van der Waals surface area contributed by atoms with E-state index in [1.807, 2.05) is 33.3 Å². The number of hydrogen-bond donors (Lipinski definition) is 0. The minimum atomic E-state index is -0.213. The summed E-state index contributed by atoms with van der Waals surface area (Å²) in [6.07, 6.45) is 16.6. The van der Waals surface area contributed by atoms with Crippen LogP contribution in [-0.2, 0) is 14.3 Å². The van der Waals surface area contributed by atoms with Crippen LogP contribution in [0.3, 0.4) is 0 Å². The Morgan fingerprint density at radius 3 is 2.59 bits per heavy atom. The Kier molecular flexibility index (Phi) is 7.21. The molecule has 1 heterocycles. The molecule has 4 aliphatic rings. The van der Waals surface area contributed by atoms with Gasteiger partial charge in [0.25, 0.3) is 0 Å². The smallest absolute Gasteiger partial charge is 0.320 e. The second-order valence-corrected chi connectivity index (χ2v) is 13.0. The first kappa shape index (κ1) is 26.3. The summed E-state index contributed by atoms with van der Waals surface area (Å²) in [6.45, 7) is 9.25. The van der Waals surface area contributed by atoms with E-state index in [0.29, 0.717) is 24.3 Å². The van der Waals surface area contributed by atoms with Crippen LogP contribution in [0.5, 0.6) is 0 Å². The second-order valence-electron chi connectivity index (χ2n) is 13.0. The van der Waals surface area contributed by atoms with Gasteiger partial charge in [-0.1, -0.05) is 51.5 Å². The highest BCUT2D eigenvalue weighted by molar-refractivity contribution is 5.83. The summed E-state index contributed by atoms with van der Waals surface area (Å²) in [7, 11) is 1.82. The summed E-state index contributed by atoms with van der Waals surface area (Å²) in [5, 5.41) is 0. The third kappa shape index (κ3) is 4.84. The van der Waals surface area contributed by atoms with Gasteiger partial charge in [-0.2, -0.15) is 0 Å². The zero-order valence-corrected chi connectivity index (χ0v) is 23.3. The normalized spacial score (nSPS) is 34.8. The number of aromatic nitrogens is 1. The van der Waals surface area contributed by atoms with Crippen molar-refractivity contribution >= 4 is 17.3 Å². The van der Waals surface area contributed by atoms with E-state index in [4.69, 9.17) is 4.74 Å². The molecule has 5 rings (SSSR count). The zero-order valence-electron chi connectivity index (χ0n) is 23.3. The van der Waals surface area contributed by atoms with Crippen LogP contribution in [0.1, 0.15) is 78.2 Å². The summed E-state index contributed by atoms with van der Waals surface area (Å²) in [5.41, 5.74) is 4.78. The number of ether oxygens (including phenoxy) is 1. The molecule has 0 radical (unpaired) electrons. The lowest BCUT2D eigenvalue weighted by Gasteiger charge is -2.57. The van der Waals surface area contributed by atoms with E-state index >= 15 is 0 Å². The van der Waals surface area contributed by atoms with Crippen LogP contribution in [0.2, 0.25) is 0 Å². The SMILES string of the molecule is CC(C)C(=O)CN(C)CC(=O)O[C@H]1CC[C@@]2(C)C(=CC[C@@H]3C2CC[C@]2(C)C(c4cccnc4)=CC[C@@H]32)C1. The first-order chi connectivity index (χ1) is 17.6. The highest BCUT2D eigenvalue weighted by Crippen LogP contribution is 2.66. The third-order valence-electron chi connectivity index (χ3n) is 10.4. The Morgan fingerprint density at radius 2 is 1.86 bits per heavy atom. The van der Waals surface area contributed by atoms with Crippen LogP contribution >= 0.6 is 0 Å². The van der Waals surface area contributed by atoms with Crippen molar-refractivity contribution in [2.24, 2.45) is 34.5 Å². The largest absolute Gasteiger partial charge is 0.461 e. The first-order valence-corrected chi connectivity index (χ1v) is 14.3. The summed E-state index contributed by atoms with van der Waals surface area (Å²) in [5.74, 6) is 2.03. The Morgan fingerprint density at radius 1 is 1.08 bits per heavy atom. The number of likely N-dealkylation sites (N-methyl/N-ethyl adjacent to an activating group) is 1. The lowest BCUT2D eigenvalue weighted by molar-refractivity contribution is -0.152. The van der Waals surface area contributed by atoms with E-state index in [-0.39, 0.29) is 41.1 Å². The van der Waals surface area contributed by atoms with Crippen molar-refractivity contribution in [1.29, 1.82) is 0 Å². The predicted molar refractivity (Wildman–Crippen MR) is 147 cm³/mol. The number of esters is 1. The van der Waals surface area contributed by atoms with Gasteiger partial charge in [0.1, 0.15) is 11.9 Å². The Balaban J connectivity index is 1.23. The molecule has 5 nitrogen and oxygen atoms in total. The highest BCUT2D eigenvalue weighted by Gasteiger charge is 2.57. The molecule has 2 fully saturated rings. The fourth-order valence-corrected chi connectivity index (χ4v) is 8.21. The molecule has 0 saturated heterocycles. The van der Waals surface area contributed by atoms with E-state index < -0.39 is 0 Å². The van der Waals surface area contributed by atoms with Gasteiger partial charge in [0.05, 0.1) is 13.1 Å². The van der Waals surface area contributed by atoms with Crippen molar-refractivity contribution in [3.8, 4) is 0 Å². The number of Topliss-reactive ketones (excluding diaryl/α,β-unsaturated/α-hetero) is 1. The third-order valence-corrected chi connectivity index (χ3v) is 10.4. The minimum Gasteiger partial charge on any atom is -0.461 e. The van der Waals surface area contributed by atoms with Gasteiger partial charge in [0.2, 0.25) is 0 Å². The Hall–Kier alpha value is -2.27. The van der Waals surface area contributed by atoms with E-state index in [1.165, 1.54) is 36.0 Å². The standard InChI is InChI=1S/C32H44N2O3/c1-21(2)29(35)19-34(5)20-30(36)37-24-12-14-31(3)23(17-24)8-9-25-27-11-10-26(22-7-6-16-33-18-22)32(27,4)15-13-28(25)31/h6-8,10,16,18,21,24-25,27-28H,9,11-15,17,19-20H2,1-5H3/t24-,25-,27-,28?,31-,32+/m0/s1. The Labute approximate surface area is 222 Å². The van der Waals surface area contributed by atoms with E-state index in [9.17, 15) is 9.59 Å². The van der Waals surface area contributed by atoms with Crippen LogP contribution in [0.25, 0.3) is 5.57 Å². The number of allylic oxidation sites excluding steroid dienone is 3. The molecule has 1 aromatic heterocycles. The quantitative estimate of drug-likeness (QED) is 0.331. The molecule has 0 bridgehead atoms. The zero-order chi connectivity index (χ0) is 26.4. The molecule has 0 aromatic carbocycles. The van der Waals surface area contributed by atoms with E-state index in [1.54, 1.807) is 4.90 Å². The average molecular weight is 505 g/mol. The summed E-state index contributed by atoms with van der Waals surface area (Å²) < 4.78 is 5.94. The van der Waals surface area contributed by atoms with Gasteiger partial charge in [0, 0.05) is 24.7 Å². The summed E-state index contributed by atoms with van der Waals surface area (Å²) in [4.78, 5) is 30.8. The maximum atomic E-state index is 12.6. The molecule has 0 aliphatic heterocycles. The van der Waals surface area contributed by atoms with Crippen molar-refractivity contribution in [2.75, 3.05) is 20.1 Å². The lowest BCUT2D eigenvalue weighted by Crippen LogP contribution is -2.50. The van der Waals surface area contributed by atoms with E-state index in [0.717, 1.165) is 25.7 Å². The number of pyridine rings is 1. The molecule has 5 heteroatoms. The lowest BCUT2D eigenvalue weighted by atomic mass is 9.47. The maximum absolute atomic E-state index is 12.6. The van der Waals surface area contributed by atoms with E-state index in [2.05, 4.69) is 43.1 Å². The molecule has 6 atom stereocenters. The van der Waals surface area contributed by atoms with Crippen molar-refractivity contribution < 1.29 is 14.3 Å². The van der Waals surface area contributed by atoms with Gasteiger partial charge in [-0.05, 0) is 91.4 Å². The molecule has 0 N–H and O–H groups in total. The fraction of sp³-hybridized carbons (Fsp3) is 0.656. The second kappa shape index (κ2) is 10.1. The molecule has 1 unspecified atom stereocenters. The number of carbonyl (C=O) groups excluding carboxylic acids is 2. The maximum Gasteiger partial charge on any atom is 0.320 e. The Bertz CT molecular complexity index is 1090. The minimum absolute atomic E-state index is 0.0174. The van der Waals surface area contributed by atoms with Gasteiger partial charge in [-0.15, -0.1) is 0 Å². The number of nitrogens with zero attached hydrogens (tertiary/aromatic N) is 2. The molecule has 4 aliphatic carbocycles. The predicted octanol–water partition coefficient (Wildman–Crippen LogP) is 6.11. The van der Waals surface area contributed by atoms with Crippen LogP contribution < -0.4 is 0 Å². The van der Waals surface area contributed by atoms with Crippen LogP contribution in [-0.4, -0.2) is 47.9 Å². The van der Waals surface area contributed by atoms with Crippen molar-refractivity contribution in [2.45, 2.75) is 78.7 Å². The molecule has 0 spiro atoms. The van der Waals surface area contributed by atoms with Gasteiger partial charge in [-0.25, -0.2) is 0 Å². The van der Waals surface area contributed by atoms with Gasteiger partial charge in [-0.3, -0.25) is 19.5 Å². The molecule has 200 valence electrons. The molecule has 0 amide bonds.